The van der Waals surface area contributed by atoms with Crippen LogP contribution in [-0.2, 0) is 22.3 Å². The smallest absolute Gasteiger partial charge is 0.380 e. The number of benzene rings is 1. The molecule has 2 N–H and O–H groups in total. The zero-order valence-corrected chi connectivity index (χ0v) is 19.7. The van der Waals surface area contributed by atoms with Gasteiger partial charge in [-0.05, 0) is 43.2 Å². The molecule has 0 aliphatic carbocycles. The Balaban J connectivity index is 1.44. The van der Waals surface area contributed by atoms with Crippen molar-refractivity contribution in [2.75, 3.05) is 18.5 Å². The molecule has 12 heteroatoms. The number of anilines is 2. The second-order valence-electron chi connectivity index (χ2n) is 8.79. The van der Waals surface area contributed by atoms with E-state index in [4.69, 9.17) is 4.74 Å². The van der Waals surface area contributed by atoms with Crippen LogP contribution in [0.4, 0.5) is 28.9 Å². The number of alkyl halides is 3. The van der Waals surface area contributed by atoms with Crippen LogP contribution in [-0.4, -0.2) is 39.9 Å². The first-order chi connectivity index (χ1) is 17.6. The van der Waals surface area contributed by atoms with E-state index in [1.165, 1.54) is 24.9 Å². The van der Waals surface area contributed by atoms with Gasteiger partial charge in [0.05, 0.1) is 53.0 Å². The fourth-order valence-electron chi connectivity index (χ4n) is 4.08. The Morgan fingerprint density at radius 2 is 1.89 bits per heavy atom. The molecule has 3 aromatic rings. The molecule has 1 amide bonds. The van der Waals surface area contributed by atoms with Crippen LogP contribution >= 0.6 is 0 Å². The van der Waals surface area contributed by atoms with E-state index in [2.05, 4.69) is 25.6 Å². The highest BCUT2D eigenvalue weighted by molar-refractivity contribution is 5.99. The van der Waals surface area contributed by atoms with Gasteiger partial charge in [0, 0.05) is 25.4 Å². The van der Waals surface area contributed by atoms with Gasteiger partial charge in [-0.1, -0.05) is 0 Å². The topological polar surface area (TPSA) is 106 Å². The summed E-state index contributed by atoms with van der Waals surface area (Å²) in [4.78, 5) is 37.8. The van der Waals surface area contributed by atoms with Gasteiger partial charge in [0.2, 0.25) is 5.91 Å². The number of aryl methyl sites for hydroxylation is 1. The second-order valence-corrected chi connectivity index (χ2v) is 8.79. The highest BCUT2D eigenvalue weighted by Crippen LogP contribution is 2.37. The Kier molecular flexibility index (Phi) is 7.48. The number of aromatic nitrogens is 3. The van der Waals surface area contributed by atoms with Crippen LogP contribution in [0.15, 0.2) is 49.2 Å². The number of nitrogens with one attached hydrogen (secondary N) is 2. The highest BCUT2D eigenvalue weighted by atomic mass is 19.4. The standard InChI is InChI=1S/C25H23F4N5O3/c1-15-6-18(34-20-3-2-17(26)7-19(20)25(27,28)29)11-32-21(15)12-33-23(36)24(4-5-37-13-24)8-22(35)16-9-30-14-31-10-16/h2-3,6-7,9-11,14,34H,4-5,8,12-13H2,1H3,(H,33,36)/t24-/m0/s1. The van der Waals surface area contributed by atoms with Crippen LogP contribution in [0.3, 0.4) is 0 Å². The number of ketones is 1. The Hall–Kier alpha value is -3.93. The molecule has 0 saturated carbocycles. The van der Waals surface area contributed by atoms with Crippen LogP contribution in [0, 0.1) is 18.2 Å². The molecular weight excluding hydrogens is 494 g/mol. The molecule has 0 radical (unpaired) electrons. The van der Waals surface area contributed by atoms with Gasteiger partial charge in [-0.15, -0.1) is 0 Å². The van der Waals surface area contributed by atoms with Gasteiger partial charge in [0.25, 0.3) is 0 Å². The van der Waals surface area contributed by atoms with Crippen LogP contribution < -0.4 is 10.6 Å². The summed E-state index contributed by atoms with van der Waals surface area (Å²) >= 11 is 0. The summed E-state index contributed by atoms with van der Waals surface area (Å²) in [5.74, 6) is -1.63. The summed E-state index contributed by atoms with van der Waals surface area (Å²) in [6, 6.07) is 3.93. The maximum atomic E-state index is 13.4. The SMILES string of the molecule is Cc1cc(Nc2ccc(F)cc2C(F)(F)F)cnc1CNC(=O)[C@]1(CC(=O)c2cncnc2)CCOC1. The van der Waals surface area contributed by atoms with Gasteiger partial charge in [-0.2, -0.15) is 13.2 Å². The summed E-state index contributed by atoms with van der Waals surface area (Å²) in [5, 5.41) is 5.43. The van der Waals surface area contributed by atoms with Crippen LogP contribution in [0.1, 0.15) is 40.0 Å². The molecule has 4 rings (SSSR count). The number of carbonyl (C=O) groups excluding carboxylic acids is 2. The summed E-state index contributed by atoms with van der Waals surface area (Å²) in [7, 11) is 0. The third kappa shape index (κ3) is 6.08. The molecule has 1 aliphatic rings. The average molecular weight is 517 g/mol. The number of pyridine rings is 1. The predicted molar refractivity (Wildman–Crippen MR) is 124 cm³/mol. The lowest BCUT2D eigenvalue weighted by molar-refractivity contribution is -0.137. The van der Waals surface area contributed by atoms with Gasteiger partial charge in [0.15, 0.2) is 5.78 Å². The monoisotopic (exact) mass is 517 g/mol. The summed E-state index contributed by atoms with van der Waals surface area (Å²) < 4.78 is 58.7. The lowest BCUT2D eigenvalue weighted by Crippen LogP contribution is -2.43. The molecule has 1 aromatic carbocycles. The largest absolute Gasteiger partial charge is 0.418 e. The fourth-order valence-corrected chi connectivity index (χ4v) is 4.08. The maximum absolute atomic E-state index is 13.4. The average Bonchev–Trinajstić information content (AvgIpc) is 3.34. The van der Waals surface area contributed by atoms with E-state index >= 15 is 0 Å². The molecule has 1 aliphatic heterocycles. The van der Waals surface area contributed by atoms with E-state index in [-0.39, 0.29) is 42.6 Å². The van der Waals surface area contributed by atoms with Crippen molar-refractivity contribution in [3.8, 4) is 0 Å². The number of amides is 1. The molecule has 0 spiro atoms. The summed E-state index contributed by atoms with van der Waals surface area (Å²) in [5.41, 5.74) is -0.826. The molecule has 0 bridgehead atoms. The minimum absolute atomic E-state index is 0.0414. The van der Waals surface area contributed by atoms with E-state index in [0.717, 1.165) is 12.1 Å². The number of hydrogen-bond acceptors (Lipinski definition) is 7. The van der Waals surface area contributed by atoms with Crippen molar-refractivity contribution in [2.24, 2.45) is 5.41 Å². The fraction of sp³-hybridized carbons (Fsp3) is 0.320. The minimum Gasteiger partial charge on any atom is -0.380 e. The number of Topliss-reactive ketones (excluding diaryl/α,β-unsaturated/α-hetero) is 1. The number of rotatable bonds is 8. The third-order valence-corrected chi connectivity index (χ3v) is 6.14. The van der Waals surface area contributed by atoms with E-state index in [1.807, 2.05) is 0 Å². The zero-order chi connectivity index (χ0) is 26.6. The Morgan fingerprint density at radius 3 is 2.54 bits per heavy atom. The molecule has 194 valence electrons. The van der Waals surface area contributed by atoms with Gasteiger partial charge >= 0.3 is 6.18 Å². The Labute approximate surface area is 209 Å². The van der Waals surface area contributed by atoms with Gasteiger partial charge < -0.3 is 15.4 Å². The molecule has 1 fully saturated rings. The molecule has 37 heavy (non-hydrogen) atoms. The van der Waals surface area contributed by atoms with Gasteiger partial charge in [0.1, 0.15) is 12.1 Å². The minimum atomic E-state index is -4.74. The van der Waals surface area contributed by atoms with Crippen molar-refractivity contribution in [3.63, 3.8) is 0 Å². The highest BCUT2D eigenvalue weighted by Gasteiger charge is 2.44. The number of nitrogens with zero attached hydrogens (tertiary/aromatic N) is 3. The zero-order valence-electron chi connectivity index (χ0n) is 19.7. The van der Waals surface area contributed by atoms with E-state index in [1.54, 1.807) is 13.0 Å². The lowest BCUT2D eigenvalue weighted by Gasteiger charge is -2.25. The summed E-state index contributed by atoms with van der Waals surface area (Å²) in [6.07, 6.45) is 0.972. The van der Waals surface area contributed by atoms with E-state index < -0.39 is 23.0 Å². The molecular formula is C25H23F4N5O3. The Bertz CT molecular complexity index is 1300. The van der Waals surface area contributed by atoms with Crippen molar-refractivity contribution in [1.82, 2.24) is 20.3 Å². The molecule has 2 aromatic heterocycles. The van der Waals surface area contributed by atoms with E-state index in [9.17, 15) is 27.2 Å². The molecule has 0 unspecified atom stereocenters. The summed E-state index contributed by atoms with van der Waals surface area (Å²) in [6.45, 7) is 2.17. The number of carbonyl (C=O) groups is 2. The van der Waals surface area contributed by atoms with Crippen molar-refractivity contribution in [3.05, 3.63) is 77.4 Å². The van der Waals surface area contributed by atoms with Crippen LogP contribution in [0.5, 0.6) is 0 Å². The normalized spacial score (nSPS) is 17.4. The second kappa shape index (κ2) is 10.6. The number of hydrogen-bond donors (Lipinski definition) is 2. The van der Waals surface area contributed by atoms with Crippen molar-refractivity contribution in [1.29, 1.82) is 0 Å². The lowest BCUT2D eigenvalue weighted by atomic mass is 9.80. The molecule has 3 heterocycles. The first-order valence-corrected chi connectivity index (χ1v) is 11.3. The quantitative estimate of drug-likeness (QED) is 0.338. The number of ether oxygens (including phenoxy) is 1. The first kappa shape index (κ1) is 26.1. The molecule has 1 atom stereocenters. The van der Waals surface area contributed by atoms with Crippen LogP contribution in [0.25, 0.3) is 0 Å². The number of halogens is 4. The molecule has 1 saturated heterocycles. The third-order valence-electron chi connectivity index (χ3n) is 6.14. The first-order valence-electron chi connectivity index (χ1n) is 11.3. The van der Waals surface area contributed by atoms with E-state index in [0.29, 0.717) is 35.9 Å². The van der Waals surface area contributed by atoms with Gasteiger partial charge in [-0.25, -0.2) is 14.4 Å². The maximum Gasteiger partial charge on any atom is 0.418 e. The van der Waals surface area contributed by atoms with Crippen molar-refractivity contribution >= 4 is 23.1 Å². The van der Waals surface area contributed by atoms with Crippen molar-refractivity contribution < 1.29 is 31.9 Å². The van der Waals surface area contributed by atoms with Gasteiger partial charge in [-0.3, -0.25) is 14.6 Å². The Morgan fingerprint density at radius 1 is 1.14 bits per heavy atom. The van der Waals surface area contributed by atoms with Crippen molar-refractivity contribution in [2.45, 2.75) is 32.5 Å². The predicted octanol–water partition coefficient (Wildman–Crippen LogP) is 4.38. The molecule has 8 nitrogen and oxygen atoms in total. The van der Waals surface area contributed by atoms with Crippen LogP contribution in [0.2, 0.25) is 0 Å².